The maximum absolute atomic E-state index is 12.3. The summed E-state index contributed by atoms with van der Waals surface area (Å²) < 4.78 is 5.38. The molecule has 0 aliphatic heterocycles. The van der Waals surface area contributed by atoms with Gasteiger partial charge in [-0.25, -0.2) is 0 Å². The molecular formula is C18H20N2O4. The average molecular weight is 328 g/mol. The molecule has 6 nitrogen and oxygen atoms in total. The van der Waals surface area contributed by atoms with Gasteiger partial charge in [0.25, 0.3) is 5.69 Å². The molecule has 126 valence electrons. The Morgan fingerprint density at radius 1 is 1.17 bits per heavy atom. The van der Waals surface area contributed by atoms with Gasteiger partial charge >= 0.3 is 0 Å². The third-order valence-corrected chi connectivity index (χ3v) is 3.61. The quantitative estimate of drug-likeness (QED) is 0.578. The smallest absolute Gasteiger partial charge is 0.273 e. The zero-order chi connectivity index (χ0) is 17.5. The van der Waals surface area contributed by atoms with Crippen LogP contribution in [0.3, 0.4) is 0 Å². The lowest BCUT2D eigenvalue weighted by atomic mass is 10.1. The van der Waals surface area contributed by atoms with Crippen LogP contribution in [0.2, 0.25) is 0 Å². The molecule has 24 heavy (non-hydrogen) atoms. The molecule has 0 radical (unpaired) electrons. The maximum Gasteiger partial charge on any atom is 0.273 e. The summed E-state index contributed by atoms with van der Waals surface area (Å²) in [5.41, 5.74) is 1.36. The number of hydrogen-bond acceptors (Lipinski definition) is 4. The highest BCUT2D eigenvalue weighted by atomic mass is 16.6. The summed E-state index contributed by atoms with van der Waals surface area (Å²) in [6.45, 7) is 2.96. The van der Waals surface area contributed by atoms with E-state index >= 15 is 0 Å². The van der Waals surface area contributed by atoms with Gasteiger partial charge in [-0.15, -0.1) is 0 Å². The lowest BCUT2D eigenvalue weighted by molar-refractivity contribution is -0.385. The number of para-hydroxylation sites is 1. The molecule has 0 aliphatic carbocycles. The normalized spacial score (nSPS) is 10.2. The first-order chi connectivity index (χ1) is 11.5. The van der Waals surface area contributed by atoms with Gasteiger partial charge in [0.2, 0.25) is 5.91 Å². The number of carbonyl (C=O) groups excluding carboxylic acids is 1. The zero-order valence-corrected chi connectivity index (χ0v) is 13.8. The highest BCUT2D eigenvalue weighted by Crippen LogP contribution is 2.19. The fraction of sp³-hybridized carbons (Fsp3) is 0.278. The number of nitro groups is 1. The summed E-state index contributed by atoms with van der Waals surface area (Å²) in [6, 6.07) is 13.8. The third kappa shape index (κ3) is 4.55. The van der Waals surface area contributed by atoms with Gasteiger partial charge in [-0.1, -0.05) is 30.3 Å². The minimum absolute atomic E-state index is 0.00465. The molecule has 6 heteroatoms. The molecule has 0 saturated carbocycles. The molecule has 0 N–H and O–H groups in total. The SMILES string of the molecule is CCOc1ccc(CN(C)C(=O)Cc2ccccc2[N+](=O)[O-])cc1. The maximum atomic E-state index is 12.3. The Balaban J connectivity index is 2.01. The van der Waals surface area contributed by atoms with E-state index in [4.69, 9.17) is 4.74 Å². The fourth-order valence-electron chi connectivity index (χ4n) is 2.36. The van der Waals surface area contributed by atoms with Crippen molar-refractivity contribution in [2.24, 2.45) is 0 Å². The van der Waals surface area contributed by atoms with Crippen LogP contribution in [0.1, 0.15) is 18.1 Å². The Bertz CT molecular complexity index is 713. The second-order valence-electron chi connectivity index (χ2n) is 5.39. The van der Waals surface area contributed by atoms with E-state index in [9.17, 15) is 14.9 Å². The number of ether oxygens (including phenoxy) is 1. The van der Waals surface area contributed by atoms with Crippen molar-refractivity contribution in [1.82, 2.24) is 4.90 Å². The van der Waals surface area contributed by atoms with Crippen LogP contribution in [0, 0.1) is 10.1 Å². The summed E-state index contributed by atoms with van der Waals surface area (Å²) in [7, 11) is 1.69. The third-order valence-electron chi connectivity index (χ3n) is 3.61. The molecule has 0 spiro atoms. The Labute approximate surface area is 140 Å². The van der Waals surface area contributed by atoms with Gasteiger partial charge < -0.3 is 9.64 Å². The molecule has 0 fully saturated rings. The molecule has 0 saturated heterocycles. The minimum Gasteiger partial charge on any atom is -0.494 e. The topological polar surface area (TPSA) is 72.7 Å². The van der Waals surface area contributed by atoms with Crippen molar-refractivity contribution in [2.45, 2.75) is 19.9 Å². The van der Waals surface area contributed by atoms with Crippen molar-refractivity contribution in [1.29, 1.82) is 0 Å². The molecule has 2 aromatic carbocycles. The molecule has 0 aromatic heterocycles. The van der Waals surface area contributed by atoms with Gasteiger partial charge in [0.05, 0.1) is 18.0 Å². The second-order valence-corrected chi connectivity index (χ2v) is 5.39. The first kappa shape index (κ1) is 17.5. The first-order valence-electron chi connectivity index (χ1n) is 7.69. The lowest BCUT2D eigenvalue weighted by Gasteiger charge is -2.17. The molecule has 2 rings (SSSR count). The summed E-state index contributed by atoms with van der Waals surface area (Å²) in [5, 5.41) is 11.0. The molecule has 0 aliphatic rings. The van der Waals surface area contributed by atoms with E-state index in [2.05, 4.69) is 0 Å². The van der Waals surface area contributed by atoms with Crippen LogP contribution in [0.15, 0.2) is 48.5 Å². The Morgan fingerprint density at radius 3 is 2.46 bits per heavy atom. The van der Waals surface area contributed by atoms with Gasteiger partial charge in [-0.05, 0) is 24.6 Å². The molecule has 0 bridgehead atoms. The Morgan fingerprint density at radius 2 is 1.83 bits per heavy atom. The number of carbonyl (C=O) groups is 1. The summed E-state index contributed by atoms with van der Waals surface area (Å²) in [4.78, 5) is 24.5. The number of rotatable bonds is 7. The first-order valence-corrected chi connectivity index (χ1v) is 7.69. The molecule has 2 aromatic rings. The van der Waals surface area contributed by atoms with Crippen LogP contribution in [0.25, 0.3) is 0 Å². The number of nitrogens with zero attached hydrogens (tertiary/aromatic N) is 2. The van der Waals surface area contributed by atoms with Crippen LogP contribution < -0.4 is 4.74 Å². The highest BCUT2D eigenvalue weighted by Gasteiger charge is 2.17. The van der Waals surface area contributed by atoms with E-state index in [-0.39, 0.29) is 18.0 Å². The van der Waals surface area contributed by atoms with E-state index in [1.165, 1.54) is 6.07 Å². The standard InChI is InChI=1S/C18H20N2O4/c1-3-24-16-10-8-14(9-11-16)13-19(2)18(21)12-15-6-4-5-7-17(15)20(22)23/h4-11H,3,12-13H2,1-2H3. The average Bonchev–Trinajstić information content (AvgIpc) is 2.57. The van der Waals surface area contributed by atoms with Crippen LogP contribution in [0.4, 0.5) is 5.69 Å². The van der Waals surface area contributed by atoms with Gasteiger partial charge in [0, 0.05) is 25.2 Å². The predicted molar refractivity (Wildman–Crippen MR) is 90.9 cm³/mol. The van der Waals surface area contributed by atoms with E-state index in [1.807, 2.05) is 31.2 Å². The number of hydrogen-bond donors (Lipinski definition) is 0. The minimum atomic E-state index is -0.463. The van der Waals surface area contributed by atoms with Gasteiger partial charge in [0.1, 0.15) is 5.75 Å². The number of benzene rings is 2. The lowest BCUT2D eigenvalue weighted by Crippen LogP contribution is -2.27. The van der Waals surface area contributed by atoms with Crippen molar-refractivity contribution in [3.63, 3.8) is 0 Å². The summed E-state index contributed by atoms with van der Waals surface area (Å²) in [5.74, 6) is 0.619. The monoisotopic (exact) mass is 328 g/mol. The number of nitro benzene ring substituents is 1. The van der Waals surface area contributed by atoms with Crippen LogP contribution >= 0.6 is 0 Å². The van der Waals surface area contributed by atoms with Crippen molar-refractivity contribution < 1.29 is 14.5 Å². The van der Waals surface area contributed by atoms with E-state index in [0.717, 1.165) is 11.3 Å². The number of amides is 1. The van der Waals surface area contributed by atoms with Crippen LogP contribution in [-0.4, -0.2) is 29.4 Å². The van der Waals surface area contributed by atoms with Crippen LogP contribution in [0.5, 0.6) is 5.75 Å². The van der Waals surface area contributed by atoms with Gasteiger partial charge in [-0.3, -0.25) is 14.9 Å². The van der Waals surface area contributed by atoms with Gasteiger partial charge in [0.15, 0.2) is 0 Å². The molecule has 0 atom stereocenters. The largest absolute Gasteiger partial charge is 0.494 e. The number of likely N-dealkylation sites (N-methyl/N-ethyl adjacent to an activating group) is 1. The van der Waals surface area contributed by atoms with Crippen molar-refractivity contribution in [2.75, 3.05) is 13.7 Å². The van der Waals surface area contributed by atoms with Gasteiger partial charge in [-0.2, -0.15) is 0 Å². The molecule has 0 unspecified atom stereocenters. The van der Waals surface area contributed by atoms with Crippen molar-refractivity contribution in [3.8, 4) is 5.75 Å². The van der Waals surface area contributed by atoms with Crippen LogP contribution in [-0.2, 0) is 17.8 Å². The highest BCUT2D eigenvalue weighted by molar-refractivity contribution is 5.79. The summed E-state index contributed by atoms with van der Waals surface area (Å²) >= 11 is 0. The Kier molecular flexibility index (Phi) is 5.89. The fourth-order valence-corrected chi connectivity index (χ4v) is 2.36. The van der Waals surface area contributed by atoms with E-state index in [1.54, 1.807) is 30.1 Å². The van der Waals surface area contributed by atoms with E-state index in [0.29, 0.717) is 18.7 Å². The van der Waals surface area contributed by atoms with Crippen molar-refractivity contribution >= 4 is 11.6 Å². The summed E-state index contributed by atoms with van der Waals surface area (Å²) in [6.07, 6.45) is 0.00465. The molecule has 0 heterocycles. The van der Waals surface area contributed by atoms with E-state index < -0.39 is 4.92 Å². The second kappa shape index (κ2) is 8.10. The predicted octanol–water partition coefficient (Wildman–Crippen LogP) is 3.19. The molecular weight excluding hydrogens is 308 g/mol. The zero-order valence-electron chi connectivity index (χ0n) is 13.8. The Hall–Kier alpha value is -2.89. The molecule has 1 amide bonds. The van der Waals surface area contributed by atoms with Crippen molar-refractivity contribution in [3.05, 3.63) is 69.8 Å².